The molecule has 0 radical (unpaired) electrons. The molecule has 3 heterocycles. The number of piperidine rings is 1. The first-order valence-electron chi connectivity index (χ1n) is 10.9. The van der Waals surface area contributed by atoms with Gasteiger partial charge in [-0.25, -0.2) is 4.98 Å². The van der Waals surface area contributed by atoms with E-state index in [-0.39, 0.29) is 17.8 Å². The summed E-state index contributed by atoms with van der Waals surface area (Å²) in [6.45, 7) is 4.90. The molecule has 4 rings (SSSR count). The minimum atomic E-state index is -4.48. The van der Waals surface area contributed by atoms with Crippen molar-refractivity contribution in [1.82, 2.24) is 19.5 Å². The fraction of sp³-hybridized carbons (Fsp3) is 0.500. The molecule has 0 saturated carbocycles. The van der Waals surface area contributed by atoms with Crippen molar-refractivity contribution in [2.24, 2.45) is 5.92 Å². The molecule has 1 aliphatic rings. The van der Waals surface area contributed by atoms with Crippen molar-refractivity contribution in [2.45, 2.75) is 45.3 Å². The van der Waals surface area contributed by atoms with Crippen molar-refractivity contribution in [3.05, 3.63) is 46.1 Å². The summed E-state index contributed by atoms with van der Waals surface area (Å²) in [6.07, 6.45) is -2.84. The van der Waals surface area contributed by atoms with E-state index in [9.17, 15) is 23.1 Å². The van der Waals surface area contributed by atoms with Gasteiger partial charge < -0.3 is 9.84 Å². The number of rotatable bonds is 6. The number of carbonyl (C=O) groups excluding carboxylic acids is 1. The lowest BCUT2D eigenvalue weighted by atomic mass is 9.93. The van der Waals surface area contributed by atoms with Crippen LogP contribution in [0.1, 0.15) is 54.6 Å². The number of hydrogen-bond acceptors (Lipinski definition) is 7. The van der Waals surface area contributed by atoms with Crippen molar-refractivity contribution >= 4 is 22.3 Å². The van der Waals surface area contributed by atoms with Crippen LogP contribution in [0.25, 0.3) is 4.96 Å². The van der Waals surface area contributed by atoms with Crippen molar-refractivity contribution in [3.8, 4) is 5.88 Å². The highest BCUT2D eigenvalue weighted by atomic mass is 32.1. The van der Waals surface area contributed by atoms with Gasteiger partial charge in [-0.05, 0) is 50.6 Å². The van der Waals surface area contributed by atoms with Crippen LogP contribution >= 0.6 is 11.3 Å². The van der Waals surface area contributed by atoms with Gasteiger partial charge >= 0.3 is 12.1 Å². The third-order valence-electron chi connectivity index (χ3n) is 5.85. The van der Waals surface area contributed by atoms with Crippen LogP contribution in [0.15, 0.2) is 24.3 Å². The maximum Gasteiger partial charge on any atom is 0.416 e. The van der Waals surface area contributed by atoms with Gasteiger partial charge in [0, 0.05) is 6.42 Å². The second-order valence-corrected chi connectivity index (χ2v) is 8.96. The lowest BCUT2D eigenvalue weighted by Gasteiger charge is -2.36. The van der Waals surface area contributed by atoms with Gasteiger partial charge in [-0.3, -0.25) is 9.69 Å². The number of benzene rings is 1. The number of thiazole rings is 1. The molecule has 0 bridgehead atoms. The Hall–Kier alpha value is -2.66. The van der Waals surface area contributed by atoms with E-state index in [1.807, 2.05) is 11.8 Å². The second kappa shape index (κ2) is 9.30. The van der Waals surface area contributed by atoms with Gasteiger partial charge in [-0.2, -0.15) is 17.7 Å². The molecule has 11 heteroatoms. The molecule has 1 aromatic carbocycles. The van der Waals surface area contributed by atoms with Crippen LogP contribution in [0.5, 0.6) is 5.88 Å². The number of hydrogen-bond donors (Lipinski definition) is 1. The van der Waals surface area contributed by atoms with E-state index in [2.05, 4.69) is 10.1 Å². The summed E-state index contributed by atoms with van der Waals surface area (Å²) >= 11 is 1.21. The van der Waals surface area contributed by atoms with Crippen molar-refractivity contribution < 1.29 is 27.8 Å². The van der Waals surface area contributed by atoms with Crippen molar-refractivity contribution in [1.29, 1.82) is 0 Å². The fourth-order valence-electron chi connectivity index (χ4n) is 4.19. The van der Waals surface area contributed by atoms with Crippen molar-refractivity contribution in [3.63, 3.8) is 0 Å². The quantitative estimate of drug-likeness (QED) is 0.524. The number of fused-ring (bicyclic) bond motifs is 1. The Morgan fingerprint density at radius 1 is 1.30 bits per heavy atom. The van der Waals surface area contributed by atoms with Crippen LogP contribution in [0.3, 0.4) is 0 Å². The molecule has 7 nitrogen and oxygen atoms in total. The number of carbonyl (C=O) groups is 1. The van der Waals surface area contributed by atoms with E-state index in [4.69, 9.17) is 4.74 Å². The molecule has 0 aliphatic carbocycles. The molecular formula is C22H25F3N4O3S. The average molecular weight is 483 g/mol. The number of aromatic hydroxyl groups is 1. The molecular weight excluding hydrogens is 457 g/mol. The largest absolute Gasteiger partial charge is 0.492 e. The van der Waals surface area contributed by atoms with E-state index < -0.39 is 17.8 Å². The van der Waals surface area contributed by atoms with Crippen LogP contribution in [0.4, 0.5) is 13.2 Å². The molecule has 178 valence electrons. The molecule has 1 fully saturated rings. The number of aromatic nitrogens is 3. The molecule has 1 saturated heterocycles. The molecule has 0 spiro atoms. The van der Waals surface area contributed by atoms with Crippen LogP contribution in [-0.4, -0.2) is 50.3 Å². The van der Waals surface area contributed by atoms with Crippen molar-refractivity contribution in [2.75, 3.05) is 19.7 Å². The first-order valence-corrected chi connectivity index (χ1v) is 11.7. The molecule has 0 unspecified atom stereocenters. The van der Waals surface area contributed by atoms with Gasteiger partial charge in [0.25, 0.3) is 0 Å². The number of aryl methyl sites for hydroxylation is 1. The topological polar surface area (TPSA) is 80.0 Å². The van der Waals surface area contributed by atoms with E-state index in [1.165, 1.54) is 21.9 Å². The summed E-state index contributed by atoms with van der Waals surface area (Å²) in [4.78, 5) is 19.5. The third-order valence-corrected chi connectivity index (χ3v) is 6.93. The number of alkyl halides is 3. The zero-order chi connectivity index (χ0) is 23.8. The summed E-state index contributed by atoms with van der Waals surface area (Å²) in [7, 11) is 0. The number of halogens is 3. The van der Waals surface area contributed by atoms with Crippen LogP contribution < -0.4 is 0 Å². The van der Waals surface area contributed by atoms with E-state index in [1.54, 1.807) is 13.0 Å². The summed E-state index contributed by atoms with van der Waals surface area (Å²) < 4.78 is 46.8. The zero-order valence-electron chi connectivity index (χ0n) is 18.3. The third kappa shape index (κ3) is 4.70. The number of nitrogens with zero attached hydrogens (tertiary/aromatic N) is 4. The lowest BCUT2D eigenvalue weighted by molar-refractivity contribution is -0.149. The maximum atomic E-state index is 13.4. The molecule has 1 aliphatic heterocycles. The molecule has 1 N–H and O–H groups in total. The lowest BCUT2D eigenvalue weighted by Crippen LogP contribution is -2.39. The number of likely N-dealkylation sites (tertiary alicyclic amines) is 1. The first kappa shape index (κ1) is 23.5. The van der Waals surface area contributed by atoms with Crippen LogP contribution in [0, 0.1) is 5.92 Å². The Balaban J connectivity index is 1.72. The minimum absolute atomic E-state index is 0.128. The Morgan fingerprint density at radius 2 is 2.03 bits per heavy atom. The van der Waals surface area contributed by atoms with Gasteiger partial charge in [-0.1, -0.05) is 30.4 Å². The number of esters is 1. The highest BCUT2D eigenvalue weighted by molar-refractivity contribution is 7.17. The second-order valence-electron chi connectivity index (χ2n) is 7.95. The van der Waals surface area contributed by atoms with Crippen LogP contribution in [-0.2, 0) is 22.1 Å². The molecule has 0 amide bonds. The van der Waals surface area contributed by atoms with Crippen LogP contribution in [0.2, 0.25) is 0 Å². The van der Waals surface area contributed by atoms with Gasteiger partial charge in [0.2, 0.25) is 10.8 Å². The molecule has 1 atom stereocenters. The summed E-state index contributed by atoms with van der Waals surface area (Å²) in [5.41, 5.74) is -0.339. The van der Waals surface area contributed by atoms with Gasteiger partial charge in [0.1, 0.15) is 0 Å². The Bertz CT molecular complexity index is 1140. The van der Waals surface area contributed by atoms with Gasteiger partial charge in [0.15, 0.2) is 5.82 Å². The molecule has 33 heavy (non-hydrogen) atoms. The van der Waals surface area contributed by atoms with Gasteiger partial charge in [-0.15, -0.1) is 5.10 Å². The summed E-state index contributed by atoms with van der Waals surface area (Å²) in [5.74, 6) is -0.0426. The normalized spacial score (nSPS) is 16.9. The minimum Gasteiger partial charge on any atom is -0.492 e. The highest BCUT2D eigenvalue weighted by Crippen LogP contribution is 2.42. The summed E-state index contributed by atoms with van der Waals surface area (Å²) in [5, 5.41) is 15.2. The predicted octanol–water partition coefficient (Wildman–Crippen LogP) is 4.44. The average Bonchev–Trinajstić information content (AvgIpc) is 3.33. The fourth-order valence-corrected chi connectivity index (χ4v) is 5.32. The monoisotopic (exact) mass is 482 g/mol. The first-order chi connectivity index (χ1) is 15.7. The number of ether oxygens (including phenoxy) is 1. The molecule has 3 aromatic rings. The standard InChI is InChI=1S/C22H25F3N4O3S/c1-3-16-26-21-29(27-16)19(30)18(33-21)17(14-6-5-7-15(12-14)22(23,24)25)28-10-8-13(9-11-28)20(31)32-4-2/h5-7,12-13,17,30H,3-4,8-11H2,1-2H3/t17-/m1/s1. The van der Waals surface area contributed by atoms with E-state index in [0.29, 0.717) is 60.2 Å². The Kier molecular flexibility index (Phi) is 6.62. The highest BCUT2D eigenvalue weighted by Gasteiger charge is 2.36. The van der Waals surface area contributed by atoms with E-state index in [0.717, 1.165) is 12.1 Å². The Labute approximate surface area is 192 Å². The SMILES string of the molecule is CCOC(=O)C1CCN([C@H](c2cccc(C(F)(F)F)c2)c2sc3nc(CC)nn3c2O)CC1. The smallest absolute Gasteiger partial charge is 0.416 e. The van der Waals surface area contributed by atoms with E-state index >= 15 is 0 Å². The zero-order valence-corrected chi connectivity index (χ0v) is 19.1. The van der Waals surface area contributed by atoms with Gasteiger partial charge in [0.05, 0.1) is 29.0 Å². The summed E-state index contributed by atoms with van der Waals surface area (Å²) in [6, 6.07) is 4.52. The molecule has 2 aromatic heterocycles. The predicted molar refractivity (Wildman–Crippen MR) is 116 cm³/mol. The Morgan fingerprint density at radius 3 is 2.64 bits per heavy atom. The maximum absolute atomic E-state index is 13.4.